The zero-order valence-corrected chi connectivity index (χ0v) is 10.1. The van der Waals surface area contributed by atoms with E-state index in [1.807, 2.05) is 0 Å². The highest BCUT2D eigenvalue weighted by molar-refractivity contribution is 6.04. The fourth-order valence-corrected chi connectivity index (χ4v) is 2.29. The van der Waals surface area contributed by atoms with Crippen LogP contribution in [0.3, 0.4) is 0 Å². The van der Waals surface area contributed by atoms with Crippen molar-refractivity contribution in [1.29, 1.82) is 0 Å². The number of aliphatic hydroxyl groups excluding tert-OH is 2. The lowest BCUT2D eigenvalue weighted by Crippen LogP contribution is -2.24. The summed E-state index contributed by atoms with van der Waals surface area (Å²) in [5.41, 5.74) is 0.308. The number of anilines is 1. The van der Waals surface area contributed by atoms with E-state index >= 15 is 0 Å². The van der Waals surface area contributed by atoms with Gasteiger partial charge in [0.2, 0.25) is 5.78 Å². The number of aliphatic imine (C=N–C) groups is 1. The van der Waals surface area contributed by atoms with E-state index in [-0.39, 0.29) is 18.9 Å². The lowest BCUT2D eigenvalue weighted by atomic mass is 10.2. The molecule has 3 rings (SSSR count). The van der Waals surface area contributed by atoms with Crippen LogP contribution in [0.4, 0.5) is 5.82 Å². The van der Waals surface area contributed by atoms with Crippen LogP contribution in [0.15, 0.2) is 11.3 Å². The Hall–Kier alpha value is -1.77. The van der Waals surface area contributed by atoms with E-state index in [0.29, 0.717) is 17.9 Å². The Bertz CT molecular complexity index is 527. The van der Waals surface area contributed by atoms with E-state index < -0.39 is 18.4 Å². The summed E-state index contributed by atoms with van der Waals surface area (Å²) in [6.07, 6.45) is 1.46. The number of aliphatic hydroxyl groups is 2. The largest absolute Gasteiger partial charge is 0.394 e. The van der Waals surface area contributed by atoms with Crippen LogP contribution in [-0.2, 0) is 4.74 Å². The second-order valence-corrected chi connectivity index (χ2v) is 4.50. The zero-order chi connectivity index (χ0) is 13.4. The van der Waals surface area contributed by atoms with Crippen LogP contribution < -0.4 is 5.32 Å². The maximum atomic E-state index is 11.8. The van der Waals surface area contributed by atoms with Gasteiger partial charge in [-0.3, -0.25) is 14.4 Å². The third-order valence-corrected chi connectivity index (χ3v) is 3.28. The third kappa shape index (κ3) is 2.03. The van der Waals surface area contributed by atoms with E-state index in [4.69, 9.17) is 9.84 Å². The topological polar surface area (TPSA) is 109 Å². The van der Waals surface area contributed by atoms with E-state index in [1.54, 1.807) is 4.57 Å². The molecule has 1 saturated heterocycles. The van der Waals surface area contributed by atoms with Gasteiger partial charge in [0.15, 0.2) is 5.69 Å². The predicted molar refractivity (Wildman–Crippen MR) is 65.2 cm³/mol. The van der Waals surface area contributed by atoms with Gasteiger partial charge in [0, 0.05) is 6.42 Å². The molecule has 0 radical (unpaired) electrons. The fourth-order valence-electron chi connectivity index (χ4n) is 2.29. The van der Waals surface area contributed by atoms with E-state index in [2.05, 4.69) is 15.3 Å². The highest BCUT2D eigenvalue weighted by atomic mass is 16.5. The van der Waals surface area contributed by atoms with Gasteiger partial charge < -0.3 is 20.3 Å². The maximum absolute atomic E-state index is 11.8. The van der Waals surface area contributed by atoms with Crippen molar-refractivity contribution in [3.8, 4) is 0 Å². The van der Waals surface area contributed by atoms with Gasteiger partial charge >= 0.3 is 0 Å². The molecule has 0 saturated carbocycles. The Morgan fingerprint density at radius 2 is 2.42 bits per heavy atom. The van der Waals surface area contributed by atoms with Crippen LogP contribution in [0.2, 0.25) is 0 Å². The van der Waals surface area contributed by atoms with Gasteiger partial charge in [-0.05, 0) is 0 Å². The highest BCUT2D eigenvalue weighted by Gasteiger charge is 2.36. The molecule has 1 aromatic heterocycles. The Balaban J connectivity index is 1.91. The number of carbonyl (C=O) groups excluding carboxylic acids is 1. The van der Waals surface area contributed by atoms with Crippen LogP contribution in [0.25, 0.3) is 0 Å². The number of nitrogens with zero attached hydrogens (tertiary/aromatic N) is 3. The molecule has 0 aliphatic carbocycles. The summed E-state index contributed by atoms with van der Waals surface area (Å²) in [5.74, 6) is 0.328. The number of ether oxygens (including phenoxy) is 1. The molecule has 102 valence electrons. The minimum absolute atomic E-state index is 0.0599. The first-order valence-corrected chi connectivity index (χ1v) is 6.00. The number of imidazole rings is 1. The second-order valence-electron chi connectivity index (χ2n) is 4.50. The Morgan fingerprint density at radius 3 is 3.16 bits per heavy atom. The molecule has 0 amide bonds. The number of Topliss-reactive ketones (excluding diaryl/α,β-unsaturated/α-hetero) is 1. The third-order valence-electron chi connectivity index (χ3n) is 3.28. The van der Waals surface area contributed by atoms with Crippen molar-refractivity contribution in [1.82, 2.24) is 9.55 Å². The highest BCUT2D eigenvalue weighted by Crippen LogP contribution is 2.32. The molecule has 0 unspecified atom stereocenters. The molecule has 1 fully saturated rings. The summed E-state index contributed by atoms with van der Waals surface area (Å²) in [4.78, 5) is 19.7. The Kier molecular flexibility index (Phi) is 3.05. The van der Waals surface area contributed by atoms with Crippen LogP contribution >= 0.6 is 0 Å². The SMILES string of the molecule is O=C1CN=CNc2c1ncn2[C@H]1C[C@H](O)[C@@H](CO)O1. The lowest BCUT2D eigenvalue weighted by molar-refractivity contribution is -0.0437. The minimum Gasteiger partial charge on any atom is -0.394 e. The van der Waals surface area contributed by atoms with E-state index in [0.717, 1.165) is 0 Å². The summed E-state index contributed by atoms with van der Waals surface area (Å²) in [7, 11) is 0. The Labute approximate surface area is 108 Å². The van der Waals surface area contributed by atoms with Gasteiger partial charge in [-0.15, -0.1) is 0 Å². The van der Waals surface area contributed by atoms with Crippen LogP contribution in [0, 0.1) is 0 Å². The first kappa shape index (κ1) is 12.3. The average Bonchev–Trinajstić information content (AvgIpc) is 2.93. The minimum atomic E-state index is -0.733. The summed E-state index contributed by atoms with van der Waals surface area (Å²) in [5, 5.41) is 21.7. The van der Waals surface area contributed by atoms with Gasteiger partial charge in [-0.1, -0.05) is 0 Å². The van der Waals surface area contributed by atoms with E-state index in [1.165, 1.54) is 12.7 Å². The molecule has 1 aromatic rings. The van der Waals surface area contributed by atoms with Gasteiger partial charge in [0.1, 0.15) is 24.7 Å². The van der Waals surface area contributed by atoms with Crippen molar-refractivity contribution in [3.63, 3.8) is 0 Å². The maximum Gasteiger partial charge on any atom is 0.206 e. The number of aromatic nitrogens is 2. The molecular formula is C11H14N4O4. The molecular weight excluding hydrogens is 252 g/mol. The van der Waals surface area contributed by atoms with Crippen molar-refractivity contribution in [3.05, 3.63) is 12.0 Å². The molecule has 3 N–H and O–H groups in total. The van der Waals surface area contributed by atoms with Gasteiger partial charge in [0.25, 0.3) is 0 Å². The molecule has 2 aliphatic heterocycles. The van der Waals surface area contributed by atoms with Crippen LogP contribution in [0.1, 0.15) is 23.1 Å². The summed E-state index contributed by atoms with van der Waals surface area (Å²) >= 11 is 0. The molecule has 19 heavy (non-hydrogen) atoms. The molecule has 8 nitrogen and oxygen atoms in total. The van der Waals surface area contributed by atoms with Crippen LogP contribution in [0.5, 0.6) is 0 Å². The predicted octanol–water partition coefficient (Wildman–Crippen LogP) is -0.840. The number of carbonyl (C=O) groups is 1. The number of fused-ring (bicyclic) bond motifs is 1. The zero-order valence-electron chi connectivity index (χ0n) is 10.1. The number of nitrogens with one attached hydrogen (secondary N) is 1. The standard InChI is InChI=1S/C11H14N4O4/c16-3-8-6(17)1-9(19-8)15-5-14-10-7(18)2-12-4-13-11(10)15/h4-6,8-9,16-17H,1-3H2,(H,12,13)/t6-,8+,9+/m0/s1. The molecule has 0 aromatic carbocycles. The van der Waals surface area contributed by atoms with Crippen molar-refractivity contribution in [2.75, 3.05) is 18.5 Å². The second kappa shape index (κ2) is 4.72. The number of rotatable bonds is 2. The van der Waals surface area contributed by atoms with Gasteiger partial charge in [-0.25, -0.2) is 4.98 Å². The monoisotopic (exact) mass is 266 g/mol. The number of ketones is 1. The molecule has 8 heteroatoms. The summed E-state index contributed by atoms with van der Waals surface area (Å²) in [6, 6.07) is 0. The first-order valence-electron chi connectivity index (χ1n) is 6.00. The van der Waals surface area contributed by atoms with E-state index in [9.17, 15) is 9.90 Å². The van der Waals surface area contributed by atoms with Crippen molar-refractivity contribution in [2.24, 2.45) is 4.99 Å². The summed E-state index contributed by atoms with van der Waals surface area (Å²) in [6.45, 7) is -0.188. The number of hydrogen-bond acceptors (Lipinski definition) is 7. The Morgan fingerprint density at radius 1 is 1.58 bits per heavy atom. The smallest absolute Gasteiger partial charge is 0.206 e. The molecule has 0 bridgehead atoms. The number of hydrogen-bond donors (Lipinski definition) is 3. The molecule has 0 spiro atoms. The van der Waals surface area contributed by atoms with Crippen molar-refractivity contribution in [2.45, 2.75) is 24.9 Å². The van der Waals surface area contributed by atoms with Gasteiger partial charge in [0.05, 0.1) is 25.4 Å². The van der Waals surface area contributed by atoms with Crippen molar-refractivity contribution < 1.29 is 19.7 Å². The van der Waals surface area contributed by atoms with Gasteiger partial charge in [-0.2, -0.15) is 0 Å². The molecule has 3 atom stereocenters. The summed E-state index contributed by atoms with van der Waals surface area (Å²) < 4.78 is 7.18. The average molecular weight is 266 g/mol. The first-order chi connectivity index (χ1) is 9.20. The molecule has 2 aliphatic rings. The fraction of sp³-hybridized carbons (Fsp3) is 0.545. The normalized spacial score (nSPS) is 30.0. The quantitative estimate of drug-likeness (QED) is 0.644. The van der Waals surface area contributed by atoms with Crippen molar-refractivity contribution >= 4 is 17.9 Å². The molecule has 3 heterocycles. The lowest BCUT2D eigenvalue weighted by Gasteiger charge is -2.15. The van der Waals surface area contributed by atoms with Crippen LogP contribution in [-0.4, -0.2) is 57.2 Å².